The second kappa shape index (κ2) is 3.71. The molecule has 3 atom stereocenters. The molecule has 2 rings (SSSR count). The van der Waals surface area contributed by atoms with Gasteiger partial charge in [-0.2, -0.15) is 0 Å². The smallest absolute Gasteiger partial charge is 0.330 e. The highest BCUT2D eigenvalue weighted by molar-refractivity contribution is 5.83. The Morgan fingerprint density at radius 1 is 1.64 bits per heavy atom. The summed E-state index contributed by atoms with van der Waals surface area (Å²) in [7, 11) is 0. The minimum absolute atomic E-state index is 0.275. The maximum atomic E-state index is 13.0. The third-order valence-corrected chi connectivity index (χ3v) is 3.20. The number of fused-ring (bicyclic) bond motifs is 1. The van der Waals surface area contributed by atoms with Gasteiger partial charge >= 0.3 is 5.97 Å². The quantitative estimate of drug-likeness (QED) is 0.502. The Kier molecular flexibility index (Phi) is 2.57. The molecular weight excluding hydrogens is 183 g/mol. The van der Waals surface area contributed by atoms with Crippen molar-refractivity contribution in [2.24, 2.45) is 11.8 Å². The second-order valence-corrected chi connectivity index (χ2v) is 4.11. The summed E-state index contributed by atoms with van der Waals surface area (Å²) in [6.45, 7) is 2.19. The van der Waals surface area contributed by atoms with Crippen LogP contribution < -0.4 is 0 Å². The van der Waals surface area contributed by atoms with Crippen molar-refractivity contribution in [1.82, 2.24) is 0 Å². The molecule has 2 fully saturated rings. The molecule has 3 unspecified atom stereocenters. The van der Waals surface area contributed by atoms with E-state index in [2.05, 4.69) is 0 Å². The molecule has 0 aromatic carbocycles. The molecule has 0 saturated heterocycles. The molecule has 0 bridgehead atoms. The molecule has 0 spiro atoms. The summed E-state index contributed by atoms with van der Waals surface area (Å²) >= 11 is 0. The summed E-state index contributed by atoms with van der Waals surface area (Å²) < 4.78 is 17.8. The highest BCUT2D eigenvalue weighted by Gasteiger charge is 2.44. The number of rotatable bonds is 2. The van der Waals surface area contributed by atoms with Gasteiger partial charge in [0.15, 0.2) is 0 Å². The minimum atomic E-state index is -0.655. The number of alkyl halides is 1. The molecule has 0 aromatic rings. The maximum Gasteiger partial charge on any atom is 0.330 e. The monoisotopic (exact) mass is 198 g/mol. The molecule has 0 amide bonds. The number of halogens is 1. The fourth-order valence-electron chi connectivity index (χ4n) is 2.53. The highest BCUT2D eigenvalue weighted by atomic mass is 19.1. The first-order valence-electron chi connectivity index (χ1n) is 5.22. The first-order valence-corrected chi connectivity index (χ1v) is 5.22. The van der Waals surface area contributed by atoms with Crippen LogP contribution in [0.1, 0.15) is 26.2 Å². The average molecular weight is 198 g/mol. The van der Waals surface area contributed by atoms with Gasteiger partial charge in [-0.3, -0.25) is 0 Å². The van der Waals surface area contributed by atoms with Gasteiger partial charge in [-0.1, -0.05) is 5.57 Å². The molecule has 0 aromatic heterocycles. The van der Waals surface area contributed by atoms with Gasteiger partial charge in [-0.25, -0.2) is 9.18 Å². The summed E-state index contributed by atoms with van der Waals surface area (Å²) in [6.07, 6.45) is 3.09. The van der Waals surface area contributed by atoms with Crippen LogP contribution in [0.3, 0.4) is 0 Å². The van der Waals surface area contributed by atoms with E-state index in [1.54, 1.807) is 13.0 Å². The summed E-state index contributed by atoms with van der Waals surface area (Å²) in [5.74, 6) is 0.545. The number of carbonyl (C=O) groups excluding carboxylic acids is 1. The van der Waals surface area contributed by atoms with Crippen molar-refractivity contribution in [2.75, 3.05) is 6.61 Å². The van der Waals surface area contributed by atoms with Gasteiger partial charge in [0.25, 0.3) is 0 Å². The topological polar surface area (TPSA) is 26.3 Å². The molecule has 3 heteroatoms. The Bertz CT molecular complexity index is 272. The zero-order valence-corrected chi connectivity index (χ0v) is 8.33. The molecular formula is C11H15FO2. The van der Waals surface area contributed by atoms with E-state index in [4.69, 9.17) is 4.74 Å². The highest BCUT2D eigenvalue weighted by Crippen LogP contribution is 2.51. The first kappa shape index (κ1) is 9.69. The molecule has 0 heterocycles. The number of carbonyl (C=O) groups is 1. The number of hydrogen-bond acceptors (Lipinski definition) is 2. The third kappa shape index (κ3) is 1.68. The number of allylic oxidation sites excluding steroid dienone is 1. The molecule has 2 saturated carbocycles. The van der Waals surface area contributed by atoms with Crippen LogP contribution in [0.2, 0.25) is 0 Å². The summed E-state index contributed by atoms with van der Waals surface area (Å²) in [5.41, 5.74) is 1.09. The van der Waals surface area contributed by atoms with E-state index in [0.29, 0.717) is 31.3 Å². The van der Waals surface area contributed by atoms with Crippen molar-refractivity contribution in [3.63, 3.8) is 0 Å². The SMILES string of the molecule is CCOC(=O)C=C1CC2CC(F)CC12. The first-order chi connectivity index (χ1) is 6.70. The van der Waals surface area contributed by atoms with Crippen LogP contribution in [-0.4, -0.2) is 18.7 Å². The van der Waals surface area contributed by atoms with Crippen molar-refractivity contribution in [3.05, 3.63) is 11.6 Å². The third-order valence-electron chi connectivity index (χ3n) is 3.20. The standard InChI is InChI=1S/C11H15FO2/c1-2-14-11(13)5-8-3-7-4-9(12)6-10(7)8/h5,7,9-10H,2-4,6H2,1H3. The van der Waals surface area contributed by atoms with E-state index in [1.807, 2.05) is 0 Å². The van der Waals surface area contributed by atoms with Crippen molar-refractivity contribution >= 4 is 5.97 Å². The predicted octanol–water partition coefficient (Wildman–Crippen LogP) is 2.24. The van der Waals surface area contributed by atoms with E-state index >= 15 is 0 Å². The zero-order chi connectivity index (χ0) is 10.1. The molecule has 0 radical (unpaired) electrons. The number of hydrogen-bond donors (Lipinski definition) is 0. The fraction of sp³-hybridized carbons (Fsp3) is 0.727. The Balaban J connectivity index is 1.92. The van der Waals surface area contributed by atoms with E-state index in [0.717, 1.165) is 12.0 Å². The van der Waals surface area contributed by atoms with Crippen LogP contribution in [0.25, 0.3) is 0 Å². The van der Waals surface area contributed by atoms with Gasteiger partial charge in [0.2, 0.25) is 0 Å². The molecule has 2 aliphatic rings. The van der Waals surface area contributed by atoms with Crippen molar-refractivity contribution in [3.8, 4) is 0 Å². The van der Waals surface area contributed by atoms with Crippen LogP contribution in [-0.2, 0) is 9.53 Å². The normalized spacial score (nSPS) is 37.9. The van der Waals surface area contributed by atoms with Crippen LogP contribution in [0.5, 0.6) is 0 Å². The molecule has 2 nitrogen and oxygen atoms in total. The van der Waals surface area contributed by atoms with Crippen LogP contribution in [0.4, 0.5) is 4.39 Å². The number of esters is 1. The Morgan fingerprint density at radius 3 is 3.07 bits per heavy atom. The summed E-state index contributed by atoms with van der Waals surface area (Å²) in [6, 6.07) is 0. The molecule has 2 aliphatic carbocycles. The fourth-order valence-corrected chi connectivity index (χ4v) is 2.53. The van der Waals surface area contributed by atoms with Gasteiger partial charge in [-0.15, -0.1) is 0 Å². The Labute approximate surface area is 83.1 Å². The average Bonchev–Trinajstić information content (AvgIpc) is 2.40. The largest absolute Gasteiger partial charge is 0.463 e. The number of ether oxygens (including phenoxy) is 1. The molecule has 78 valence electrons. The van der Waals surface area contributed by atoms with Crippen LogP contribution >= 0.6 is 0 Å². The maximum absolute atomic E-state index is 13.0. The van der Waals surface area contributed by atoms with Crippen LogP contribution in [0.15, 0.2) is 11.6 Å². The lowest BCUT2D eigenvalue weighted by Gasteiger charge is -2.33. The Morgan fingerprint density at radius 2 is 2.43 bits per heavy atom. The van der Waals surface area contributed by atoms with E-state index in [9.17, 15) is 9.18 Å². The zero-order valence-electron chi connectivity index (χ0n) is 8.33. The minimum Gasteiger partial charge on any atom is -0.463 e. The van der Waals surface area contributed by atoms with Gasteiger partial charge in [-0.05, 0) is 38.0 Å². The van der Waals surface area contributed by atoms with Crippen LogP contribution in [0, 0.1) is 11.8 Å². The van der Waals surface area contributed by atoms with Gasteiger partial charge in [0, 0.05) is 6.08 Å². The predicted molar refractivity (Wildman–Crippen MR) is 50.4 cm³/mol. The Hall–Kier alpha value is -0.860. The van der Waals surface area contributed by atoms with Crippen molar-refractivity contribution in [1.29, 1.82) is 0 Å². The summed E-state index contributed by atoms with van der Waals surface area (Å²) in [4.78, 5) is 11.1. The molecule has 0 N–H and O–H groups in total. The van der Waals surface area contributed by atoms with Crippen molar-refractivity contribution in [2.45, 2.75) is 32.4 Å². The lowest BCUT2D eigenvalue weighted by atomic mass is 9.71. The van der Waals surface area contributed by atoms with Gasteiger partial charge in [0.05, 0.1) is 6.61 Å². The van der Waals surface area contributed by atoms with E-state index < -0.39 is 6.17 Å². The van der Waals surface area contributed by atoms with E-state index in [1.165, 1.54) is 0 Å². The summed E-state index contributed by atoms with van der Waals surface area (Å²) in [5, 5.41) is 0. The van der Waals surface area contributed by atoms with Gasteiger partial charge < -0.3 is 4.74 Å². The lowest BCUT2D eigenvalue weighted by Crippen LogP contribution is -2.24. The lowest BCUT2D eigenvalue weighted by molar-refractivity contribution is -0.137. The molecule has 0 aliphatic heterocycles. The second-order valence-electron chi connectivity index (χ2n) is 4.11. The molecule has 14 heavy (non-hydrogen) atoms. The van der Waals surface area contributed by atoms with Crippen molar-refractivity contribution < 1.29 is 13.9 Å². The van der Waals surface area contributed by atoms with E-state index in [-0.39, 0.29) is 5.97 Å². The van der Waals surface area contributed by atoms with Gasteiger partial charge in [0.1, 0.15) is 6.17 Å².